The standard InChI is InChI=1S/C26H21BrN2O3/c1-31-25-15-21-10-6-5-9-20(21)14-22(25)26(30)29-28-16-19-11-12-24(23(27)13-19)32-17-18-7-3-2-4-8-18/h2-16H,17H2,1H3,(H,29,30). The summed E-state index contributed by atoms with van der Waals surface area (Å²) >= 11 is 3.53. The number of nitrogens with one attached hydrogen (secondary N) is 1. The topological polar surface area (TPSA) is 59.9 Å². The monoisotopic (exact) mass is 488 g/mol. The summed E-state index contributed by atoms with van der Waals surface area (Å²) < 4.78 is 12.1. The van der Waals surface area contributed by atoms with Crippen molar-refractivity contribution in [3.63, 3.8) is 0 Å². The van der Waals surface area contributed by atoms with Crippen molar-refractivity contribution in [1.29, 1.82) is 0 Å². The van der Waals surface area contributed by atoms with Gasteiger partial charge in [-0.15, -0.1) is 0 Å². The van der Waals surface area contributed by atoms with Crippen LogP contribution in [0, 0.1) is 0 Å². The van der Waals surface area contributed by atoms with E-state index in [9.17, 15) is 4.79 Å². The summed E-state index contributed by atoms with van der Waals surface area (Å²) in [5, 5.41) is 6.06. The molecule has 0 atom stereocenters. The quantitative estimate of drug-likeness (QED) is 0.258. The highest BCUT2D eigenvalue weighted by Gasteiger charge is 2.13. The number of benzene rings is 4. The molecular formula is C26H21BrN2O3. The van der Waals surface area contributed by atoms with E-state index in [0.29, 0.717) is 17.9 Å². The number of nitrogens with zero attached hydrogens (tertiary/aromatic N) is 1. The molecule has 0 unspecified atom stereocenters. The van der Waals surface area contributed by atoms with Crippen molar-refractivity contribution in [1.82, 2.24) is 5.43 Å². The summed E-state index contributed by atoms with van der Waals surface area (Å²) in [5.74, 6) is 0.890. The molecular weight excluding hydrogens is 468 g/mol. The SMILES string of the molecule is COc1cc2ccccc2cc1C(=O)NN=Cc1ccc(OCc2ccccc2)c(Br)c1. The molecule has 0 bridgehead atoms. The van der Waals surface area contributed by atoms with E-state index in [1.54, 1.807) is 19.4 Å². The van der Waals surface area contributed by atoms with E-state index in [2.05, 4.69) is 26.5 Å². The Morgan fingerprint density at radius 1 is 0.938 bits per heavy atom. The molecule has 0 radical (unpaired) electrons. The minimum absolute atomic E-state index is 0.342. The van der Waals surface area contributed by atoms with E-state index in [1.807, 2.05) is 78.9 Å². The van der Waals surface area contributed by atoms with E-state index in [4.69, 9.17) is 9.47 Å². The van der Waals surface area contributed by atoms with Gasteiger partial charge in [0.15, 0.2) is 0 Å². The van der Waals surface area contributed by atoms with Crippen LogP contribution in [0.25, 0.3) is 10.8 Å². The van der Waals surface area contributed by atoms with Crippen molar-refractivity contribution in [2.75, 3.05) is 7.11 Å². The lowest BCUT2D eigenvalue weighted by Crippen LogP contribution is -2.18. The molecule has 1 N–H and O–H groups in total. The second kappa shape index (κ2) is 10.1. The van der Waals surface area contributed by atoms with Crippen molar-refractivity contribution in [2.24, 2.45) is 5.10 Å². The van der Waals surface area contributed by atoms with Crippen LogP contribution >= 0.6 is 15.9 Å². The van der Waals surface area contributed by atoms with Crippen LogP contribution in [0.5, 0.6) is 11.5 Å². The zero-order valence-corrected chi connectivity index (χ0v) is 19.0. The Kier molecular flexibility index (Phi) is 6.82. The highest BCUT2D eigenvalue weighted by atomic mass is 79.9. The molecule has 0 aliphatic heterocycles. The number of ether oxygens (including phenoxy) is 2. The summed E-state index contributed by atoms with van der Waals surface area (Å²) in [6, 6.07) is 27.0. The van der Waals surface area contributed by atoms with Crippen LogP contribution < -0.4 is 14.9 Å². The molecule has 1 amide bonds. The number of halogens is 1. The molecule has 0 spiro atoms. The first-order valence-corrected chi connectivity index (χ1v) is 10.8. The summed E-state index contributed by atoms with van der Waals surface area (Å²) in [5.41, 5.74) is 4.91. The van der Waals surface area contributed by atoms with Crippen LogP contribution in [-0.2, 0) is 6.61 Å². The zero-order chi connectivity index (χ0) is 22.3. The van der Waals surface area contributed by atoms with Crippen molar-refractivity contribution < 1.29 is 14.3 Å². The largest absolute Gasteiger partial charge is 0.496 e. The highest BCUT2D eigenvalue weighted by molar-refractivity contribution is 9.10. The van der Waals surface area contributed by atoms with E-state index < -0.39 is 0 Å². The third kappa shape index (κ3) is 5.15. The molecule has 6 heteroatoms. The summed E-state index contributed by atoms with van der Waals surface area (Å²) in [4.78, 5) is 12.7. The number of carbonyl (C=O) groups excluding carboxylic acids is 1. The smallest absolute Gasteiger partial charge is 0.275 e. The molecule has 0 fully saturated rings. The molecule has 4 aromatic rings. The van der Waals surface area contributed by atoms with Crippen molar-refractivity contribution in [3.8, 4) is 11.5 Å². The Bertz CT molecular complexity index is 1270. The van der Waals surface area contributed by atoms with Gasteiger partial charge in [-0.05, 0) is 68.2 Å². The molecule has 0 aromatic heterocycles. The predicted octanol–water partition coefficient (Wildman–Crippen LogP) is 5.95. The van der Waals surface area contributed by atoms with Gasteiger partial charge in [0.25, 0.3) is 5.91 Å². The number of fused-ring (bicyclic) bond motifs is 1. The lowest BCUT2D eigenvalue weighted by atomic mass is 10.1. The average Bonchev–Trinajstić information content (AvgIpc) is 2.83. The maximum Gasteiger partial charge on any atom is 0.275 e. The molecule has 160 valence electrons. The van der Waals surface area contributed by atoms with Gasteiger partial charge in [0, 0.05) is 0 Å². The lowest BCUT2D eigenvalue weighted by Gasteiger charge is -2.09. The van der Waals surface area contributed by atoms with Crippen LogP contribution in [0.15, 0.2) is 94.5 Å². The minimum Gasteiger partial charge on any atom is -0.496 e. The Morgan fingerprint density at radius 3 is 2.38 bits per heavy atom. The van der Waals surface area contributed by atoms with Crippen LogP contribution in [0.1, 0.15) is 21.5 Å². The van der Waals surface area contributed by atoms with Gasteiger partial charge in [-0.1, -0.05) is 54.6 Å². The minimum atomic E-state index is -0.342. The van der Waals surface area contributed by atoms with Crippen molar-refractivity contribution in [3.05, 3.63) is 106 Å². The molecule has 0 heterocycles. The lowest BCUT2D eigenvalue weighted by molar-refractivity contribution is 0.0952. The van der Waals surface area contributed by atoms with Crippen molar-refractivity contribution >= 4 is 38.8 Å². The van der Waals surface area contributed by atoms with Gasteiger partial charge in [-0.2, -0.15) is 5.10 Å². The van der Waals surface area contributed by atoms with Gasteiger partial charge in [0.05, 0.1) is 23.4 Å². The fourth-order valence-corrected chi connectivity index (χ4v) is 3.75. The number of hydrazone groups is 1. The van der Waals surface area contributed by atoms with Crippen LogP contribution in [0.4, 0.5) is 0 Å². The van der Waals surface area contributed by atoms with Gasteiger partial charge in [-0.25, -0.2) is 5.43 Å². The second-order valence-corrected chi connectivity index (χ2v) is 7.92. The number of carbonyl (C=O) groups is 1. The predicted molar refractivity (Wildman–Crippen MR) is 130 cm³/mol. The Labute approximate surface area is 194 Å². The zero-order valence-electron chi connectivity index (χ0n) is 17.4. The van der Waals surface area contributed by atoms with Crippen LogP contribution in [0.2, 0.25) is 0 Å². The number of methoxy groups -OCH3 is 1. The van der Waals surface area contributed by atoms with E-state index in [-0.39, 0.29) is 5.91 Å². The molecule has 0 saturated heterocycles. The second-order valence-electron chi connectivity index (χ2n) is 7.06. The van der Waals surface area contributed by atoms with E-state index >= 15 is 0 Å². The highest BCUT2D eigenvalue weighted by Crippen LogP contribution is 2.27. The molecule has 0 aliphatic carbocycles. The first-order valence-electron chi connectivity index (χ1n) is 10.0. The first-order chi connectivity index (χ1) is 15.6. The number of rotatable bonds is 7. The Morgan fingerprint density at radius 2 is 1.66 bits per heavy atom. The number of hydrogen-bond donors (Lipinski definition) is 1. The maximum absolute atomic E-state index is 12.7. The molecule has 32 heavy (non-hydrogen) atoms. The van der Waals surface area contributed by atoms with E-state index in [0.717, 1.165) is 32.1 Å². The fourth-order valence-electron chi connectivity index (χ4n) is 3.24. The molecule has 0 aliphatic rings. The molecule has 0 saturated carbocycles. The van der Waals surface area contributed by atoms with Gasteiger partial charge >= 0.3 is 0 Å². The summed E-state index contributed by atoms with van der Waals surface area (Å²) in [6.45, 7) is 0.483. The molecule has 5 nitrogen and oxygen atoms in total. The van der Waals surface area contributed by atoms with Crippen LogP contribution in [-0.4, -0.2) is 19.2 Å². The van der Waals surface area contributed by atoms with Gasteiger partial charge in [0.1, 0.15) is 18.1 Å². The Hall–Kier alpha value is -3.64. The molecule has 4 aromatic carbocycles. The summed E-state index contributed by atoms with van der Waals surface area (Å²) in [7, 11) is 1.54. The maximum atomic E-state index is 12.7. The third-order valence-electron chi connectivity index (χ3n) is 4.89. The van der Waals surface area contributed by atoms with Gasteiger partial charge < -0.3 is 9.47 Å². The molecule has 4 rings (SSSR count). The number of amides is 1. The first kappa shape index (κ1) is 21.6. The van der Waals surface area contributed by atoms with Gasteiger partial charge in [0.2, 0.25) is 0 Å². The Balaban J connectivity index is 1.42. The summed E-state index contributed by atoms with van der Waals surface area (Å²) in [6.07, 6.45) is 1.58. The third-order valence-corrected chi connectivity index (χ3v) is 5.50. The average molecular weight is 489 g/mol. The number of hydrogen-bond acceptors (Lipinski definition) is 4. The fraction of sp³-hybridized carbons (Fsp3) is 0.0769. The van der Waals surface area contributed by atoms with Gasteiger partial charge in [-0.3, -0.25) is 4.79 Å². The van der Waals surface area contributed by atoms with Crippen molar-refractivity contribution in [2.45, 2.75) is 6.61 Å². The van der Waals surface area contributed by atoms with Crippen LogP contribution in [0.3, 0.4) is 0 Å². The van der Waals surface area contributed by atoms with E-state index in [1.165, 1.54) is 0 Å². The normalized spacial score (nSPS) is 10.9.